The summed E-state index contributed by atoms with van der Waals surface area (Å²) in [6, 6.07) is 9.22. The third kappa shape index (κ3) is 3.13. The van der Waals surface area contributed by atoms with Gasteiger partial charge in [-0.05, 0) is 60.2 Å². The molecule has 0 aliphatic carbocycles. The van der Waals surface area contributed by atoms with Crippen molar-refractivity contribution in [2.45, 2.75) is 20.4 Å². The zero-order chi connectivity index (χ0) is 16.4. The summed E-state index contributed by atoms with van der Waals surface area (Å²) in [4.78, 5) is 14.2. The molecule has 7 nitrogen and oxygen atoms in total. The van der Waals surface area contributed by atoms with Crippen molar-refractivity contribution in [2.24, 2.45) is 0 Å². The van der Waals surface area contributed by atoms with Gasteiger partial charge in [0.1, 0.15) is 17.8 Å². The molecular weight excluding hydrogens is 294 g/mol. The maximum absolute atomic E-state index is 12.5. The fraction of sp³-hybridized carbons (Fsp3) is 0.250. The summed E-state index contributed by atoms with van der Waals surface area (Å²) in [6.45, 7) is 4.23. The molecular formula is C16H17N5O2. The molecule has 0 unspecified atom stereocenters. The van der Waals surface area contributed by atoms with Crippen molar-refractivity contribution in [3.8, 4) is 5.69 Å². The van der Waals surface area contributed by atoms with Gasteiger partial charge in [-0.25, -0.2) is 4.68 Å². The number of benzene rings is 1. The summed E-state index contributed by atoms with van der Waals surface area (Å²) in [5.41, 5.74) is 2.38. The molecule has 0 atom stereocenters. The van der Waals surface area contributed by atoms with E-state index in [9.17, 15) is 4.79 Å². The molecule has 0 saturated heterocycles. The quantitative estimate of drug-likeness (QED) is 0.738. The second-order valence-electron chi connectivity index (χ2n) is 5.43. The van der Waals surface area contributed by atoms with E-state index in [0.717, 1.165) is 22.8 Å². The van der Waals surface area contributed by atoms with Gasteiger partial charge in [-0.3, -0.25) is 4.79 Å². The summed E-state index contributed by atoms with van der Waals surface area (Å²) in [6.07, 6.45) is 1.52. The van der Waals surface area contributed by atoms with E-state index in [-0.39, 0.29) is 5.91 Å². The van der Waals surface area contributed by atoms with Gasteiger partial charge in [-0.1, -0.05) is 0 Å². The minimum absolute atomic E-state index is 0.0644. The highest BCUT2D eigenvalue weighted by Gasteiger charge is 2.15. The lowest BCUT2D eigenvalue weighted by molar-refractivity contribution is 0.0775. The lowest BCUT2D eigenvalue weighted by atomic mass is 10.1. The van der Waals surface area contributed by atoms with E-state index in [1.165, 1.54) is 6.33 Å². The molecule has 7 heteroatoms. The zero-order valence-corrected chi connectivity index (χ0v) is 13.2. The van der Waals surface area contributed by atoms with Crippen molar-refractivity contribution in [2.75, 3.05) is 7.05 Å². The molecule has 23 heavy (non-hydrogen) atoms. The van der Waals surface area contributed by atoms with E-state index in [1.807, 2.05) is 38.1 Å². The predicted octanol–water partition coefficient (Wildman–Crippen LogP) is 2.14. The van der Waals surface area contributed by atoms with Crippen LogP contribution in [0.5, 0.6) is 0 Å². The number of tetrazole rings is 1. The van der Waals surface area contributed by atoms with Crippen LogP contribution in [0.15, 0.2) is 41.1 Å². The van der Waals surface area contributed by atoms with Gasteiger partial charge in [-0.15, -0.1) is 5.10 Å². The van der Waals surface area contributed by atoms with Crippen molar-refractivity contribution in [1.29, 1.82) is 0 Å². The molecule has 0 radical (unpaired) electrons. The highest BCUT2D eigenvalue weighted by Crippen LogP contribution is 2.17. The Labute approximate surface area is 133 Å². The number of nitrogens with zero attached hydrogens (tertiary/aromatic N) is 5. The van der Waals surface area contributed by atoms with E-state index in [0.29, 0.717) is 12.1 Å². The first-order valence-electron chi connectivity index (χ1n) is 7.19. The lowest BCUT2D eigenvalue weighted by Crippen LogP contribution is -2.26. The number of hydrogen-bond acceptors (Lipinski definition) is 5. The van der Waals surface area contributed by atoms with Crippen LogP contribution in [0.1, 0.15) is 27.4 Å². The van der Waals surface area contributed by atoms with Crippen LogP contribution >= 0.6 is 0 Å². The average Bonchev–Trinajstić information content (AvgIpc) is 3.18. The standard InChI is InChI=1S/C16H17N5O2/c1-11-8-13(5-7-15(11)21-10-17-18-19-21)16(22)20(3)9-14-6-4-12(2)23-14/h4-8,10H,9H2,1-3H3. The van der Waals surface area contributed by atoms with Crippen LogP contribution in [0.25, 0.3) is 5.69 Å². The van der Waals surface area contributed by atoms with Crippen LogP contribution in [0.2, 0.25) is 0 Å². The van der Waals surface area contributed by atoms with Crippen molar-refractivity contribution in [1.82, 2.24) is 25.1 Å². The molecule has 2 heterocycles. The van der Waals surface area contributed by atoms with Crippen LogP contribution in [0.4, 0.5) is 0 Å². The Hall–Kier alpha value is -2.96. The van der Waals surface area contributed by atoms with Crippen molar-refractivity contribution in [3.05, 3.63) is 59.3 Å². The molecule has 0 aliphatic rings. The highest BCUT2D eigenvalue weighted by molar-refractivity contribution is 5.94. The largest absolute Gasteiger partial charge is 0.464 e. The number of aryl methyl sites for hydroxylation is 2. The topological polar surface area (TPSA) is 77.1 Å². The molecule has 0 spiro atoms. The van der Waals surface area contributed by atoms with E-state index in [4.69, 9.17) is 4.42 Å². The van der Waals surface area contributed by atoms with Crippen LogP contribution in [0, 0.1) is 13.8 Å². The molecule has 2 aromatic heterocycles. The van der Waals surface area contributed by atoms with E-state index in [2.05, 4.69) is 15.5 Å². The summed E-state index contributed by atoms with van der Waals surface area (Å²) in [7, 11) is 1.75. The Balaban J connectivity index is 1.78. The minimum atomic E-state index is -0.0644. The molecule has 1 aromatic carbocycles. The van der Waals surface area contributed by atoms with Crippen LogP contribution in [-0.4, -0.2) is 38.1 Å². The monoisotopic (exact) mass is 311 g/mol. The maximum Gasteiger partial charge on any atom is 0.254 e. The van der Waals surface area contributed by atoms with Crippen LogP contribution in [0.3, 0.4) is 0 Å². The van der Waals surface area contributed by atoms with Gasteiger partial charge in [0, 0.05) is 12.6 Å². The number of amides is 1. The van der Waals surface area contributed by atoms with Gasteiger partial charge in [0.25, 0.3) is 5.91 Å². The first kappa shape index (κ1) is 15.0. The molecule has 1 amide bonds. The number of furan rings is 1. The molecule has 118 valence electrons. The smallest absolute Gasteiger partial charge is 0.254 e. The molecule has 0 N–H and O–H groups in total. The van der Waals surface area contributed by atoms with Crippen molar-refractivity contribution in [3.63, 3.8) is 0 Å². The number of rotatable bonds is 4. The Morgan fingerprint density at radius 1 is 1.26 bits per heavy atom. The molecule has 0 fully saturated rings. The van der Waals surface area contributed by atoms with Gasteiger partial charge in [0.2, 0.25) is 0 Å². The third-order valence-corrected chi connectivity index (χ3v) is 3.58. The number of hydrogen-bond donors (Lipinski definition) is 0. The number of carbonyl (C=O) groups excluding carboxylic acids is 1. The second-order valence-corrected chi connectivity index (χ2v) is 5.43. The van der Waals surface area contributed by atoms with E-state index < -0.39 is 0 Å². The molecule has 0 saturated carbocycles. The van der Waals surface area contributed by atoms with Crippen LogP contribution in [-0.2, 0) is 6.54 Å². The Morgan fingerprint density at radius 2 is 2.09 bits per heavy atom. The molecule has 3 rings (SSSR count). The summed E-state index contributed by atoms with van der Waals surface area (Å²) in [5.74, 6) is 1.54. The first-order valence-corrected chi connectivity index (χ1v) is 7.19. The molecule has 0 aliphatic heterocycles. The lowest BCUT2D eigenvalue weighted by Gasteiger charge is -2.16. The average molecular weight is 311 g/mol. The van der Waals surface area contributed by atoms with Crippen molar-refractivity contribution >= 4 is 5.91 Å². The zero-order valence-electron chi connectivity index (χ0n) is 13.2. The number of carbonyl (C=O) groups is 1. The van der Waals surface area contributed by atoms with Crippen molar-refractivity contribution < 1.29 is 9.21 Å². The molecule has 3 aromatic rings. The Kier molecular flexibility index (Phi) is 3.92. The van der Waals surface area contributed by atoms with Gasteiger partial charge in [0.05, 0.1) is 12.2 Å². The molecule has 0 bridgehead atoms. The Morgan fingerprint density at radius 3 is 2.70 bits per heavy atom. The second kappa shape index (κ2) is 6.04. The fourth-order valence-electron chi connectivity index (χ4n) is 2.41. The maximum atomic E-state index is 12.5. The summed E-state index contributed by atoms with van der Waals surface area (Å²) < 4.78 is 7.08. The fourth-order valence-corrected chi connectivity index (χ4v) is 2.41. The van der Waals surface area contributed by atoms with E-state index >= 15 is 0 Å². The van der Waals surface area contributed by atoms with Gasteiger partial charge < -0.3 is 9.32 Å². The van der Waals surface area contributed by atoms with Gasteiger partial charge >= 0.3 is 0 Å². The third-order valence-electron chi connectivity index (χ3n) is 3.58. The van der Waals surface area contributed by atoms with Crippen LogP contribution < -0.4 is 0 Å². The predicted molar refractivity (Wildman–Crippen MR) is 83.1 cm³/mol. The van der Waals surface area contributed by atoms with E-state index in [1.54, 1.807) is 22.7 Å². The normalized spacial score (nSPS) is 10.7. The number of aromatic nitrogens is 4. The summed E-state index contributed by atoms with van der Waals surface area (Å²) in [5, 5.41) is 11.1. The SMILES string of the molecule is Cc1ccc(CN(C)C(=O)c2ccc(-n3cnnn3)c(C)c2)o1. The Bertz CT molecular complexity index is 823. The minimum Gasteiger partial charge on any atom is -0.464 e. The highest BCUT2D eigenvalue weighted by atomic mass is 16.3. The summed E-state index contributed by atoms with van der Waals surface area (Å²) >= 11 is 0. The first-order chi connectivity index (χ1) is 11.0. The van der Waals surface area contributed by atoms with Gasteiger partial charge in [0.15, 0.2) is 0 Å². The van der Waals surface area contributed by atoms with Gasteiger partial charge in [-0.2, -0.15) is 0 Å².